The van der Waals surface area contributed by atoms with E-state index in [1.54, 1.807) is 0 Å². The van der Waals surface area contributed by atoms with E-state index in [9.17, 15) is 13.6 Å². The maximum atomic E-state index is 12.2. The third-order valence-electron chi connectivity index (χ3n) is 1.47. The molecule has 0 unspecified atom stereocenters. The van der Waals surface area contributed by atoms with E-state index in [2.05, 4.69) is 4.98 Å². The second-order valence-corrected chi connectivity index (χ2v) is 2.75. The third kappa shape index (κ3) is 2.05. The number of H-pyrrole nitrogens is 1. The lowest BCUT2D eigenvalue weighted by atomic mass is 10.2. The molecule has 0 aliphatic rings. The molecule has 1 aromatic heterocycles. The van der Waals surface area contributed by atoms with Crippen LogP contribution in [-0.4, -0.2) is 10.1 Å². The first-order valence-electron chi connectivity index (χ1n) is 3.37. The fourth-order valence-corrected chi connectivity index (χ4v) is 1.18. The molecule has 0 saturated heterocycles. The van der Waals surface area contributed by atoms with Gasteiger partial charge in [0.1, 0.15) is 5.56 Å². The lowest BCUT2D eigenvalue weighted by molar-refractivity contribution is 0.149. The van der Waals surface area contributed by atoms with Crippen molar-refractivity contribution >= 4 is 11.6 Å². The molecule has 0 aromatic carbocycles. The van der Waals surface area contributed by atoms with E-state index >= 15 is 0 Å². The number of hydrogen-bond donors (Lipinski definition) is 2. The molecule has 6 heteroatoms. The van der Waals surface area contributed by atoms with Crippen LogP contribution in [0.3, 0.4) is 0 Å². The number of aliphatic hydroxyl groups excluding tert-OH is 1. The van der Waals surface area contributed by atoms with Crippen molar-refractivity contribution in [2.75, 3.05) is 0 Å². The number of halogens is 3. The van der Waals surface area contributed by atoms with Gasteiger partial charge in [-0.1, -0.05) is 11.6 Å². The molecule has 0 aliphatic heterocycles. The molecule has 13 heavy (non-hydrogen) atoms. The van der Waals surface area contributed by atoms with E-state index in [4.69, 9.17) is 16.7 Å². The summed E-state index contributed by atoms with van der Waals surface area (Å²) in [6.45, 7) is -0.446. The Morgan fingerprint density at radius 3 is 2.62 bits per heavy atom. The predicted molar refractivity (Wildman–Crippen MR) is 43.0 cm³/mol. The molecule has 0 bridgehead atoms. The molecular weight excluding hydrogens is 204 g/mol. The smallest absolute Gasteiger partial charge is 0.270 e. The quantitative estimate of drug-likeness (QED) is 0.775. The molecule has 2 N–H and O–H groups in total. The van der Waals surface area contributed by atoms with E-state index in [1.807, 2.05) is 0 Å². The topological polar surface area (TPSA) is 53.1 Å². The number of aliphatic hydroxyl groups is 1. The summed E-state index contributed by atoms with van der Waals surface area (Å²) < 4.78 is 24.3. The van der Waals surface area contributed by atoms with Crippen molar-refractivity contribution in [1.82, 2.24) is 4.98 Å². The Balaban J connectivity index is 3.32. The van der Waals surface area contributed by atoms with Crippen LogP contribution < -0.4 is 5.56 Å². The summed E-state index contributed by atoms with van der Waals surface area (Å²) in [4.78, 5) is 13.0. The minimum absolute atomic E-state index is 0.111. The molecule has 0 aliphatic carbocycles. The summed E-state index contributed by atoms with van der Waals surface area (Å²) in [7, 11) is 0. The van der Waals surface area contributed by atoms with Crippen LogP contribution >= 0.6 is 11.6 Å². The first kappa shape index (κ1) is 10.1. The molecule has 0 amide bonds. The van der Waals surface area contributed by atoms with Gasteiger partial charge in [-0.15, -0.1) is 0 Å². The molecule has 0 radical (unpaired) electrons. The Morgan fingerprint density at radius 1 is 1.62 bits per heavy atom. The minimum Gasteiger partial charge on any atom is -0.390 e. The molecular formula is C7H6ClF2NO2. The van der Waals surface area contributed by atoms with E-state index in [-0.39, 0.29) is 10.7 Å². The SMILES string of the molecule is O=c1[nH]c(CO)cc(Cl)c1C(F)F. The zero-order chi connectivity index (χ0) is 10.0. The maximum Gasteiger partial charge on any atom is 0.270 e. The Hall–Kier alpha value is -0.940. The highest BCUT2D eigenvalue weighted by atomic mass is 35.5. The van der Waals surface area contributed by atoms with Crippen molar-refractivity contribution in [3.8, 4) is 0 Å². The van der Waals surface area contributed by atoms with Crippen molar-refractivity contribution in [2.45, 2.75) is 13.0 Å². The van der Waals surface area contributed by atoms with Gasteiger partial charge in [-0.25, -0.2) is 8.78 Å². The molecule has 1 heterocycles. The summed E-state index contributed by atoms with van der Waals surface area (Å²) in [6.07, 6.45) is -2.91. The van der Waals surface area contributed by atoms with E-state index in [0.29, 0.717) is 0 Å². The summed E-state index contributed by atoms with van der Waals surface area (Å²) >= 11 is 5.40. The number of aromatic amines is 1. The van der Waals surface area contributed by atoms with Crippen LogP contribution in [-0.2, 0) is 6.61 Å². The van der Waals surface area contributed by atoms with Gasteiger partial charge >= 0.3 is 0 Å². The second-order valence-electron chi connectivity index (χ2n) is 2.34. The molecule has 1 aromatic rings. The van der Waals surface area contributed by atoms with Crippen molar-refractivity contribution in [3.05, 3.63) is 32.7 Å². The Morgan fingerprint density at radius 2 is 2.23 bits per heavy atom. The van der Waals surface area contributed by atoms with Gasteiger partial charge < -0.3 is 10.1 Å². The monoisotopic (exact) mass is 209 g/mol. The van der Waals surface area contributed by atoms with Gasteiger partial charge in [0.15, 0.2) is 0 Å². The van der Waals surface area contributed by atoms with Gasteiger partial charge in [0, 0.05) is 5.69 Å². The van der Waals surface area contributed by atoms with Crippen LogP contribution in [0.25, 0.3) is 0 Å². The molecule has 3 nitrogen and oxygen atoms in total. The lowest BCUT2D eigenvalue weighted by Gasteiger charge is -2.03. The Bertz CT molecular complexity index is 364. The van der Waals surface area contributed by atoms with Gasteiger partial charge in [0.2, 0.25) is 0 Å². The first-order chi connectivity index (χ1) is 6.06. The van der Waals surface area contributed by atoms with Gasteiger partial charge in [0.25, 0.3) is 12.0 Å². The number of hydrogen-bond acceptors (Lipinski definition) is 2. The highest BCUT2D eigenvalue weighted by molar-refractivity contribution is 6.31. The molecule has 0 spiro atoms. The normalized spacial score (nSPS) is 10.8. The second kappa shape index (κ2) is 3.85. The fourth-order valence-electron chi connectivity index (χ4n) is 0.877. The molecule has 1 rings (SSSR count). The molecule has 0 saturated carbocycles. The zero-order valence-electron chi connectivity index (χ0n) is 6.35. The van der Waals surface area contributed by atoms with Crippen LogP contribution in [0.2, 0.25) is 5.02 Å². The predicted octanol–water partition coefficient (Wildman–Crippen LogP) is 1.46. The third-order valence-corrected chi connectivity index (χ3v) is 1.78. The Kier molecular flexibility index (Phi) is 3.00. The van der Waals surface area contributed by atoms with Gasteiger partial charge in [-0.3, -0.25) is 4.79 Å². The standard InChI is InChI=1S/C7H6ClF2NO2/c8-4-1-3(2-12)11-7(13)5(4)6(9)10/h1,6,12H,2H2,(H,11,13). The average molecular weight is 210 g/mol. The van der Waals surface area contributed by atoms with Crippen molar-refractivity contribution in [3.63, 3.8) is 0 Å². The first-order valence-corrected chi connectivity index (χ1v) is 3.74. The average Bonchev–Trinajstić information content (AvgIpc) is 2.02. The highest BCUT2D eigenvalue weighted by Gasteiger charge is 2.17. The summed E-state index contributed by atoms with van der Waals surface area (Å²) in [5.41, 5.74) is -1.62. The molecule has 0 fully saturated rings. The number of alkyl halides is 2. The fraction of sp³-hybridized carbons (Fsp3) is 0.286. The van der Waals surface area contributed by atoms with Crippen molar-refractivity contribution in [2.24, 2.45) is 0 Å². The number of nitrogens with one attached hydrogen (secondary N) is 1. The van der Waals surface area contributed by atoms with Gasteiger partial charge in [-0.05, 0) is 6.07 Å². The highest BCUT2D eigenvalue weighted by Crippen LogP contribution is 2.23. The number of pyridine rings is 1. The van der Waals surface area contributed by atoms with Crippen LogP contribution in [0.4, 0.5) is 8.78 Å². The van der Waals surface area contributed by atoms with Crippen LogP contribution in [0.15, 0.2) is 10.9 Å². The summed E-state index contributed by atoms with van der Waals surface area (Å²) in [5.74, 6) is 0. The molecule has 0 atom stereocenters. The lowest BCUT2D eigenvalue weighted by Crippen LogP contribution is -2.15. The Labute approximate surface area is 77.0 Å². The number of rotatable bonds is 2. The summed E-state index contributed by atoms with van der Waals surface area (Å²) in [5, 5.41) is 8.27. The largest absolute Gasteiger partial charge is 0.390 e. The van der Waals surface area contributed by atoms with Crippen LogP contribution in [0.1, 0.15) is 17.7 Å². The summed E-state index contributed by atoms with van der Waals surface area (Å²) in [6, 6.07) is 1.10. The zero-order valence-corrected chi connectivity index (χ0v) is 7.11. The number of aromatic nitrogens is 1. The maximum absolute atomic E-state index is 12.2. The van der Waals surface area contributed by atoms with E-state index < -0.39 is 24.2 Å². The van der Waals surface area contributed by atoms with Gasteiger partial charge in [-0.2, -0.15) is 0 Å². The van der Waals surface area contributed by atoms with Gasteiger partial charge in [0.05, 0.1) is 11.6 Å². The van der Waals surface area contributed by atoms with Crippen molar-refractivity contribution in [1.29, 1.82) is 0 Å². The van der Waals surface area contributed by atoms with E-state index in [1.165, 1.54) is 0 Å². The molecule has 72 valence electrons. The van der Waals surface area contributed by atoms with Crippen LogP contribution in [0.5, 0.6) is 0 Å². The minimum atomic E-state index is -2.91. The van der Waals surface area contributed by atoms with Crippen molar-refractivity contribution < 1.29 is 13.9 Å². The van der Waals surface area contributed by atoms with E-state index in [0.717, 1.165) is 6.07 Å². The van der Waals surface area contributed by atoms with Crippen LogP contribution in [0, 0.1) is 0 Å².